The zero-order chi connectivity index (χ0) is 27.3. The Kier molecular flexibility index (Phi) is 9.42. The molecule has 0 radical (unpaired) electrons. The molecule has 37 heavy (non-hydrogen) atoms. The quantitative estimate of drug-likeness (QED) is 0.178. The second kappa shape index (κ2) is 12.1. The first kappa shape index (κ1) is 28.7. The van der Waals surface area contributed by atoms with E-state index in [4.69, 9.17) is 11.1 Å². The number of hydrogen-bond acceptors (Lipinski definition) is 7. The van der Waals surface area contributed by atoms with E-state index in [1.807, 2.05) is 23.9 Å². The number of rotatable bonds is 10. The summed E-state index contributed by atoms with van der Waals surface area (Å²) in [5, 5.41) is 9.35. The number of nitrogens with one attached hydrogen (secondary N) is 3. The van der Waals surface area contributed by atoms with Gasteiger partial charge in [-0.1, -0.05) is 58.9 Å². The van der Waals surface area contributed by atoms with E-state index in [1.54, 1.807) is 0 Å². The van der Waals surface area contributed by atoms with E-state index >= 15 is 0 Å². The van der Waals surface area contributed by atoms with Crippen LogP contribution in [0.4, 0.5) is 0 Å². The summed E-state index contributed by atoms with van der Waals surface area (Å²) in [4.78, 5) is 15.5. The Hall–Kier alpha value is -2.84. The Labute approximate surface area is 228 Å². The topological polar surface area (TPSA) is 102 Å². The lowest BCUT2D eigenvalue weighted by Crippen LogP contribution is -2.29. The van der Waals surface area contributed by atoms with Crippen molar-refractivity contribution < 1.29 is 4.79 Å². The lowest BCUT2D eigenvalue weighted by molar-refractivity contribution is 0.0955. The van der Waals surface area contributed by atoms with E-state index in [-0.39, 0.29) is 23.1 Å². The van der Waals surface area contributed by atoms with E-state index in [9.17, 15) is 4.79 Å². The molecule has 196 valence electrons. The van der Waals surface area contributed by atoms with Crippen LogP contribution in [0, 0.1) is 30.8 Å². The van der Waals surface area contributed by atoms with Crippen molar-refractivity contribution in [1.82, 2.24) is 5.32 Å². The highest BCUT2D eigenvalue weighted by molar-refractivity contribution is 7.99. The molecule has 0 fully saturated rings. The molecule has 0 aliphatic carbocycles. The van der Waals surface area contributed by atoms with Crippen molar-refractivity contribution in [2.24, 2.45) is 16.1 Å². The Morgan fingerprint density at radius 1 is 1.00 bits per heavy atom. The Bertz CT molecular complexity index is 1230. The van der Waals surface area contributed by atoms with Crippen molar-refractivity contribution >= 4 is 29.0 Å². The smallest absolute Gasteiger partial charge is 0.261 e. The Morgan fingerprint density at radius 2 is 1.59 bits per heavy atom. The van der Waals surface area contributed by atoms with Gasteiger partial charge in [-0.3, -0.25) is 4.79 Å². The predicted molar refractivity (Wildman–Crippen MR) is 154 cm³/mol. The molecule has 1 unspecified atom stereocenters. The minimum Gasteiger partial charge on any atom is -0.347 e. The number of aryl methyl sites for hydroxylation is 2. The first-order chi connectivity index (χ1) is 17.4. The average Bonchev–Trinajstić information content (AvgIpc) is 3.32. The molecule has 2 aromatic carbocycles. The van der Waals surface area contributed by atoms with Gasteiger partial charge in [0.25, 0.3) is 5.91 Å². The fourth-order valence-corrected chi connectivity index (χ4v) is 6.89. The number of thiophene rings is 1. The van der Waals surface area contributed by atoms with Crippen molar-refractivity contribution in [3.8, 4) is 11.1 Å². The number of nitrogens with zero attached hydrogens (tertiary/aromatic N) is 2. The molecule has 0 aliphatic heterocycles. The van der Waals surface area contributed by atoms with Crippen molar-refractivity contribution in [3.05, 3.63) is 75.0 Å². The average molecular weight is 536 g/mol. The van der Waals surface area contributed by atoms with E-state index in [0.29, 0.717) is 10.8 Å². The molecule has 6 nitrogen and oxygen atoms in total. The first-order valence-electron chi connectivity index (χ1n) is 12.4. The fraction of sp³-hybridized carbons (Fsp3) is 0.414. The molecule has 1 heterocycles. The van der Waals surface area contributed by atoms with Gasteiger partial charge in [-0.05, 0) is 77.3 Å². The van der Waals surface area contributed by atoms with Gasteiger partial charge in [0.15, 0.2) is 6.17 Å². The summed E-state index contributed by atoms with van der Waals surface area (Å²) in [6.45, 7) is 15.5. The maximum absolute atomic E-state index is 12.6. The normalized spacial score (nSPS) is 13.3. The molecular weight excluding hydrogens is 498 g/mol. The summed E-state index contributed by atoms with van der Waals surface area (Å²) in [5.74, 6) is 0.146. The zero-order valence-electron chi connectivity index (χ0n) is 22.7. The minimum atomic E-state index is -0.867. The number of thioether (sulfide) groups is 1. The summed E-state index contributed by atoms with van der Waals surface area (Å²) >= 11 is 3.32. The van der Waals surface area contributed by atoms with Gasteiger partial charge >= 0.3 is 0 Å². The van der Waals surface area contributed by atoms with Gasteiger partial charge in [0, 0.05) is 15.0 Å². The molecule has 3 rings (SSSR count). The summed E-state index contributed by atoms with van der Waals surface area (Å²) in [7, 11) is 0. The van der Waals surface area contributed by atoms with E-state index in [1.165, 1.54) is 44.0 Å². The van der Waals surface area contributed by atoms with E-state index in [2.05, 4.69) is 100 Å². The Morgan fingerprint density at radius 3 is 2.11 bits per heavy atom. The molecular formula is C29H37N5OS2. The van der Waals surface area contributed by atoms with Crippen LogP contribution in [0.3, 0.4) is 0 Å². The van der Waals surface area contributed by atoms with Gasteiger partial charge in [-0.15, -0.1) is 23.1 Å². The molecule has 0 bridgehead atoms. The lowest BCUT2D eigenvalue weighted by atomic mass is 9.85. The van der Waals surface area contributed by atoms with Crippen LogP contribution < -0.4 is 5.32 Å². The monoisotopic (exact) mass is 535 g/mol. The molecule has 3 aromatic rings. The lowest BCUT2D eigenvalue weighted by Gasteiger charge is -2.22. The number of amides is 1. The summed E-state index contributed by atoms with van der Waals surface area (Å²) < 4.78 is 0. The predicted octanol–water partition coefficient (Wildman–Crippen LogP) is 8.94. The highest BCUT2D eigenvalue weighted by Crippen LogP contribution is 2.45. The third-order valence-corrected chi connectivity index (χ3v) is 9.16. The minimum absolute atomic E-state index is 0.0469. The van der Waals surface area contributed by atoms with Crippen LogP contribution >= 0.6 is 23.1 Å². The maximum atomic E-state index is 12.6. The van der Waals surface area contributed by atoms with Crippen molar-refractivity contribution in [1.29, 1.82) is 11.1 Å². The van der Waals surface area contributed by atoms with Gasteiger partial charge < -0.3 is 5.32 Å². The van der Waals surface area contributed by atoms with Crippen molar-refractivity contribution in [2.45, 2.75) is 70.2 Å². The number of hydrogen-bond donors (Lipinski definition) is 3. The molecule has 8 heteroatoms. The number of benzene rings is 2. The van der Waals surface area contributed by atoms with Crippen LogP contribution in [-0.2, 0) is 5.41 Å². The highest BCUT2D eigenvalue weighted by atomic mass is 32.2. The molecule has 1 atom stereocenters. The number of carbonyl (C=O) groups excluding carboxylic acids is 1. The van der Waals surface area contributed by atoms with Crippen LogP contribution in [0.15, 0.2) is 63.7 Å². The molecule has 3 N–H and O–H groups in total. The van der Waals surface area contributed by atoms with E-state index in [0.717, 1.165) is 4.88 Å². The van der Waals surface area contributed by atoms with Crippen LogP contribution in [0.1, 0.15) is 71.1 Å². The maximum Gasteiger partial charge on any atom is 0.261 e. The highest BCUT2D eigenvalue weighted by Gasteiger charge is 2.22. The largest absolute Gasteiger partial charge is 0.347 e. The third kappa shape index (κ3) is 7.14. The molecule has 1 aromatic heterocycles. The molecule has 0 aliphatic rings. The van der Waals surface area contributed by atoms with Gasteiger partial charge in [-0.25, -0.2) is 11.1 Å². The fourth-order valence-electron chi connectivity index (χ4n) is 4.27. The standard InChI is InChI=1S/C29H37N5OS2/c1-17(2)27(23-12-13-24(37-23)28(35)32-16-25(33-30)34-31)36-22-14-18(3)26(19(4)15-22)20-8-10-21(11-9-20)29(5,6)7/h8-15,17,25,27,30-31H,16H2,1-7H3,(H,32,35). The van der Waals surface area contributed by atoms with Gasteiger partial charge in [0.2, 0.25) is 0 Å². The third-order valence-electron chi connectivity index (χ3n) is 6.29. The van der Waals surface area contributed by atoms with Crippen LogP contribution in [0.25, 0.3) is 11.1 Å². The second-order valence-electron chi connectivity index (χ2n) is 10.7. The van der Waals surface area contributed by atoms with Gasteiger partial charge in [-0.2, -0.15) is 10.2 Å². The van der Waals surface area contributed by atoms with Crippen molar-refractivity contribution in [2.75, 3.05) is 6.54 Å². The van der Waals surface area contributed by atoms with Crippen LogP contribution in [-0.4, -0.2) is 18.6 Å². The van der Waals surface area contributed by atoms with Crippen LogP contribution in [0.2, 0.25) is 0 Å². The summed E-state index contributed by atoms with van der Waals surface area (Å²) in [6.07, 6.45) is -0.867. The first-order valence-corrected chi connectivity index (χ1v) is 14.1. The second-order valence-corrected chi connectivity index (χ2v) is 13.0. The number of carbonyl (C=O) groups is 1. The molecule has 0 saturated heterocycles. The molecule has 0 saturated carbocycles. The van der Waals surface area contributed by atoms with Gasteiger partial charge in [0.05, 0.1) is 11.4 Å². The summed E-state index contributed by atoms with van der Waals surface area (Å²) in [6, 6.07) is 17.4. The van der Waals surface area contributed by atoms with E-state index < -0.39 is 6.17 Å². The van der Waals surface area contributed by atoms with Crippen molar-refractivity contribution in [3.63, 3.8) is 0 Å². The zero-order valence-corrected chi connectivity index (χ0v) is 24.3. The Balaban J connectivity index is 1.80. The SMILES string of the molecule is Cc1cc(SC(c2ccc(C(=O)NCC(N=N)N=N)s2)C(C)C)cc(C)c1-c1ccc(C(C)(C)C)cc1. The van der Waals surface area contributed by atoms with Crippen LogP contribution in [0.5, 0.6) is 0 Å². The van der Waals surface area contributed by atoms with Gasteiger partial charge in [0.1, 0.15) is 0 Å². The molecule has 1 amide bonds. The molecule has 0 spiro atoms. The summed E-state index contributed by atoms with van der Waals surface area (Å²) in [5.41, 5.74) is 20.5.